The topological polar surface area (TPSA) is 45.5 Å². The van der Waals surface area contributed by atoms with Gasteiger partial charge in [0, 0.05) is 33.4 Å². The van der Waals surface area contributed by atoms with Crippen LogP contribution in [0, 0.1) is 0 Å². The molecule has 0 bridgehead atoms. The molecule has 2 rings (SSSR count). The zero-order valence-corrected chi connectivity index (χ0v) is 15.1. The molecule has 1 heterocycles. The van der Waals surface area contributed by atoms with Gasteiger partial charge in [0.2, 0.25) is 0 Å². The summed E-state index contributed by atoms with van der Waals surface area (Å²) in [7, 11) is 3.91. The van der Waals surface area contributed by atoms with Crippen LogP contribution in [0.15, 0.2) is 35.5 Å². The van der Waals surface area contributed by atoms with Crippen molar-refractivity contribution < 1.29 is 0 Å². The summed E-state index contributed by atoms with van der Waals surface area (Å²) < 4.78 is 1.83. The predicted molar refractivity (Wildman–Crippen MR) is 96.0 cm³/mol. The molecule has 0 unspecified atom stereocenters. The largest absolute Gasteiger partial charge is 0.357 e. The van der Waals surface area contributed by atoms with Crippen LogP contribution in [0.3, 0.4) is 0 Å². The average molecular weight is 354 g/mol. The zero-order chi connectivity index (χ0) is 16.8. The summed E-state index contributed by atoms with van der Waals surface area (Å²) in [6.07, 6.45) is 1.77. The van der Waals surface area contributed by atoms with Gasteiger partial charge in [0.1, 0.15) is 0 Å². The Morgan fingerprint density at radius 3 is 2.70 bits per heavy atom. The minimum absolute atomic E-state index is 0.564. The van der Waals surface area contributed by atoms with Crippen molar-refractivity contribution >= 4 is 29.2 Å². The van der Waals surface area contributed by atoms with E-state index in [1.54, 1.807) is 6.20 Å². The standard InChI is InChI=1S/C16H21Cl2N5/c1-4-19-16(20-10-13-7-8-21-23(13)3)22(2)11-12-5-6-14(17)15(18)9-12/h5-9H,4,10-11H2,1-3H3,(H,19,20). The smallest absolute Gasteiger partial charge is 0.194 e. The Kier molecular flexibility index (Phi) is 6.30. The van der Waals surface area contributed by atoms with Gasteiger partial charge in [0.15, 0.2) is 5.96 Å². The fraction of sp³-hybridized carbons (Fsp3) is 0.375. The fourth-order valence-corrected chi connectivity index (χ4v) is 2.49. The molecule has 0 saturated carbocycles. The first-order chi connectivity index (χ1) is 11.0. The highest BCUT2D eigenvalue weighted by Crippen LogP contribution is 2.23. The molecule has 1 aromatic heterocycles. The number of aryl methyl sites for hydroxylation is 1. The number of nitrogens with one attached hydrogen (secondary N) is 1. The van der Waals surface area contributed by atoms with Crippen LogP contribution < -0.4 is 5.32 Å². The van der Waals surface area contributed by atoms with Crippen LogP contribution in [0.2, 0.25) is 10.0 Å². The maximum absolute atomic E-state index is 6.08. The minimum atomic E-state index is 0.564. The lowest BCUT2D eigenvalue weighted by Crippen LogP contribution is -2.38. The van der Waals surface area contributed by atoms with Gasteiger partial charge in [-0.05, 0) is 30.7 Å². The lowest BCUT2D eigenvalue weighted by Gasteiger charge is -2.22. The van der Waals surface area contributed by atoms with Crippen LogP contribution >= 0.6 is 23.2 Å². The molecule has 0 amide bonds. The second kappa shape index (κ2) is 8.22. The van der Waals surface area contributed by atoms with E-state index in [2.05, 4.69) is 20.3 Å². The van der Waals surface area contributed by atoms with Crippen LogP contribution in [0.4, 0.5) is 0 Å². The van der Waals surface area contributed by atoms with Crippen LogP contribution in [-0.2, 0) is 20.1 Å². The zero-order valence-electron chi connectivity index (χ0n) is 13.6. The van der Waals surface area contributed by atoms with Gasteiger partial charge < -0.3 is 10.2 Å². The first-order valence-electron chi connectivity index (χ1n) is 7.41. The Morgan fingerprint density at radius 1 is 1.30 bits per heavy atom. The maximum atomic E-state index is 6.08. The van der Waals surface area contributed by atoms with Crippen molar-refractivity contribution in [1.29, 1.82) is 0 Å². The summed E-state index contributed by atoms with van der Waals surface area (Å²) in [6, 6.07) is 7.62. The van der Waals surface area contributed by atoms with Gasteiger partial charge in [-0.3, -0.25) is 4.68 Å². The highest BCUT2D eigenvalue weighted by molar-refractivity contribution is 6.42. The number of hydrogen-bond donors (Lipinski definition) is 1. The van der Waals surface area contributed by atoms with E-state index < -0.39 is 0 Å². The van der Waals surface area contributed by atoms with Crippen LogP contribution in [0.1, 0.15) is 18.2 Å². The molecule has 0 atom stereocenters. The molecule has 1 aromatic carbocycles. The van der Waals surface area contributed by atoms with E-state index in [-0.39, 0.29) is 0 Å². The molecule has 7 heteroatoms. The highest BCUT2D eigenvalue weighted by atomic mass is 35.5. The number of aliphatic imine (C=N–C) groups is 1. The molecular weight excluding hydrogens is 333 g/mol. The molecule has 0 aliphatic carbocycles. The number of aromatic nitrogens is 2. The first-order valence-corrected chi connectivity index (χ1v) is 8.17. The summed E-state index contributed by atoms with van der Waals surface area (Å²) in [5.41, 5.74) is 2.14. The van der Waals surface area contributed by atoms with E-state index in [9.17, 15) is 0 Å². The van der Waals surface area contributed by atoms with E-state index in [0.29, 0.717) is 23.1 Å². The van der Waals surface area contributed by atoms with Crippen molar-refractivity contribution in [1.82, 2.24) is 20.0 Å². The molecule has 0 saturated heterocycles. The summed E-state index contributed by atoms with van der Waals surface area (Å²) in [5, 5.41) is 8.58. The van der Waals surface area contributed by atoms with Crippen molar-refractivity contribution in [2.45, 2.75) is 20.0 Å². The predicted octanol–water partition coefficient (Wildman–Crippen LogP) is 3.32. The number of hydrogen-bond acceptors (Lipinski definition) is 2. The lowest BCUT2D eigenvalue weighted by atomic mass is 10.2. The van der Waals surface area contributed by atoms with Gasteiger partial charge in [-0.1, -0.05) is 29.3 Å². The third-order valence-corrected chi connectivity index (χ3v) is 4.15. The molecular formula is C16H21Cl2N5. The van der Waals surface area contributed by atoms with Gasteiger partial charge in [0.25, 0.3) is 0 Å². The number of rotatable bonds is 5. The molecule has 0 fully saturated rings. The average Bonchev–Trinajstić information content (AvgIpc) is 2.92. The number of halogens is 2. The molecule has 0 radical (unpaired) electrons. The van der Waals surface area contributed by atoms with E-state index in [1.165, 1.54) is 0 Å². The van der Waals surface area contributed by atoms with E-state index in [0.717, 1.165) is 23.8 Å². The second-order valence-corrected chi connectivity index (χ2v) is 6.04. The van der Waals surface area contributed by atoms with Crippen molar-refractivity contribution in [3.8, 4) is 0 Å². The molecule has 5 nitrogen and oxygen atoms in total. The van der Waals surface area contributed by atoms with Crippen molar-refractivity contribution in [3.63, 3.8) is 0 Å². The molecule has 2 aromatic rings. The Morgan fingerprint density at radius 2 is 2.09 bits per heavy atom. The first kappa shape index (κ1) is 17.6. The van der Waals surface area contributed by atoms with Gasteiger partial charge in [-0.15, -0.1) is 0 Å². The van der Waals surface area contributed by atoms with E-state index in [1.807, 2.05) is 50.0 Å². The van der Waals surface area contributed by atoms with Gasteiger partial charge in [-0.25, -0.2) is 4.99 Å². The monoisotopic (exact) mass is 353 g/mol. The van der Waals surface area contributed by atoms with Crippen molar-refractivity contribution in [2.24, 2.45) is 12.0 Å². The Hall–Kier alpha value is -1.72. The Bertz CT molecular complexity index is 681. The molecule has 0 aliphatic rings. The van der Waals surface area contributed by atoms with Crippen LogP contribution in [0.25, 0.3) is 0 Å². The molecule has 124 valence electrons. The van der Waals surface area contributed by atoms with Crippen molar-refractivity contribution in [2.75, 3.05) is 13.6 Å². The van der Waals surface area contributed by atoms with Gasteiger partial charge >= 0.3 is 0 Å². The normalized spacial score (nSPS) is 11.6. The third-order valence-electron chi connectivity index (χ3n) is 3.41. The Labute approximate surface area is 146 Å². The molecule has 0 aliphatic heterocycles. The third kappa shape index (κ3) is 4.88. The summed E-state index contributed by atoms with van der Waals surface area (Å²) in [5.74, 6) is 0.833. The van der Waals surface area contributed by atoms with Gasteiger partial charge in [-0.2, -0.15) is 5.10 Å². The minimum Gasteiger partial charge on any atom is -0.357 e. The summed E-state index contributed by atoms with van der Waals surface area (Å²) >= 11 is 12.0. The molecule has 23 heavy (non-hydrogen) atoms. The maximum Gasteiger partial charge on any atom is 0.194 e. The second-order valence-electron chi connectivity index (χ2n) is 5.22. The van der Waals surface area contributed by atoms with Gasteiger partial charge in [0.05, 0.1) is 22.3 Å². The Balaban J connectivity index is 2.09. The molecule has 1 N–H and O–H groups in total. The number of nitrogens with zero attached hydrogens (tertiary/aromatic N) is 4. The summed E-state index contributed by atoms with van der Waals surface area (Å²) in [4.78, 5) is 6.72. The summed E-state index contributed by atoms with van der Waals surface area (Å²) in [6.45, 7) is 4.11. The molecule has 0 spiro atoms. The van der Waals surface area contributed by atoms with Crippen LogP contribution in [0.5, 0.6) is 0 Å². The SMILES string of the molecule is CCNC(=NCc1ccnn1C)N(C)Cc1ccc(Cl)c(Cl)c1. The fourth-order valence-electron chi connectivity index (χ4n) is 2.17. The highest BCUT2D eigenvalue weighted by Gasteiger charge is 2.08. The van der Waals surface area contributed by atoms with Crippen LogP contribution in [-0.4, -0.2) is 34.2 Å². The van der Waals surface area contributed by atoms with E-state index >= 15 is 0 Å². The number of guanidine groups is 1. The van der Waals surface area contributed by atoms with E-state index in [4.69, 9.17) is 23.2 Å². The van der Waals surface area contributed by atoms with Crippen molar-refractivity contribution in [3.05, 3.63) is 51.8 Å². The number of benzene rings is 1. The lowest BCUT2D eigenvalue weighted by molar-refractivity contribution is 0.476. The quantitative estimate of drug-likeness (QED) is 0.662.